The van der Waals surface area contributed by atoms with Gasteiger partial charge in [0, 0.05) is 30.4 Å². The van der Waals surface area contributed by atoms with E-state index in [1.807, 2.05) is 71.0 Å². The molecule has 2 amide bonds. The summed E-state index contributed by atoms with van der Waals surface area (Å²) in [5.74, 6) is -0.313. The third-order valence-corrected chi connectivity index (χ3v) is 6.12. The molecule has 0 aliphatic rings. The lowest BCUT2D eigenvalue weighted by Gasteiger charge is -2.31. The molecule has 1 heterocycles. The fourth-order valence-corrected chi connectivity index (χ4v) is 3.64. The Labute approximate surface area is 196 Å². The molecule has 1 N–H and O–H groups in total. The molecule has 33 heavy (non-hydrogen) atoms. The Morgan fingerprint density at radius 2 is 1.79 bits per heavy atom. The number of hydrogen-bond acceptors (Lipinski definition) is 4. The molecule has 0 radical (unpaired) electrons. The molecule has 1 unspecified atom stereocenters. The van der Waals surface area contributed by atoms with Crippen LogP contribution < -0.4 is 10.2 Å². The Balaban J connectivity index is 2.09. The van der Waals surface area contributed by atoms with Crippen molar-refractivity contribution in [2.75, 3.05) is 11.9 Å². The highest BCUT2D eigenvalue weighted by atomic mass is 16.2. The van der Waals surface area contributed by atoms with Crippen molar-refractivity contribution in [1.82, 2.24) is 15.3 Å². The highest BCUT2D eigenvalue weighted by molar-refractivity contribution is 6.09. The van der Waals surface area contributed by atoms with Crippen LogP contribution in [0.2, 0.25) is 0 Å². The maximum atomic E-state index is 13.4. The molecule has 1 aromatic heterocycles. The average molecular weight is 445 g/mol. The van der Waals surface area contributed by atoms with Gasteiger partial charge >= 0.3 is 0 Å². The van der Waals surface area contributed by atoms with E-state index in [1.54, 1.807) is 36.6 Å². The maximum Gasteiger partial charge on any atom is 0.253 e. The van der Waals surface area contributed by atoms with Gasteiger partial charge in [-0.1, -0.05) is 62.7 Å². The van der Waals surface area contributed by atoms with E-state index in [0.717, 1.165) is 16.7 Å². The Kier molecular flexibility index (Phi) is 7.26. The molecule has 2 aromatic carbocycles. The van der Waals surface area contributed by atoms with Crippen molar-refractivity contribution in [3.63, 3.8) is 0 Å². The fourth-order valence-electron chi connectivity index (χ4n) is 3.64. The summed E-state index contributed by atoms with van der Waals surface area (Å²) >= 11 is 0. The van der Waals surface area contributed by atoms with Gasteiger partial charge in [0.1, 0.15) is 0 Å². The van der Waals surface area contributed by atoms with Gasteiger partial charge in [-0.3, -0.25) is 19.6 Å². The topological polar surface area (TPSA) is 75.2 Å². The molecule has 172 valence electrons. The third-order valence-electron chi connectivity index (χ3n) is 6.12. The first-order valence-electron chi connectivity index (χ1n) is 11.2. The minimum Gasteiger partial charge on any atom is -0.344 e. The molecular formula is C27H32N4O2. The minimum atomic E-state index is -0.560. The number of amides is 2. The molecule has 0 spiro atoms. The molecule has 1 atom stereocenters. The van der Waals surface area contributed by atoms with Gasteiger partial charge in [-0.05, 0) is 31.9 Å². The van der Waals surface area contributed by atoms with Crippen molar-refractivity contribution in [2.45, 2.75) is 47.1 Å². The van der Waals surface area contributed by atoms with Gasteiger partial charge in [-0.25, -0.2) is 0 Å². The molecule has 3 aromatic rings. The number of nitrogens with zero attached hydrogens (tertiary/aromatic N) is 3. The largest absolute Gasteiger partial charge is 0.344 e. The molecule has 0 aliphatic carbocycles. The van der Waals surface area contributed by atoms with Gasteiger partial charge in [0.2, 0.25) is 5.91 Å². The second-order valence-corrected chi connectivity index (χ2v) is 8.99. The number of aromatic nitrogens is 2. The smallest absolute Gasteiger partial charge is 0.253 e. The van der Waals surface area contributed by atoms with E-state index in [1.165, 1.54) is 0 Å². The Bertz CT molecular complexity index is 1120. The number of rotatable bonds is 7. The average Bonchev–Trinajstić information content (AvgIpc) is 2.83. The van der Waals surface area contributed by atoms with E-state index in [2.05, 4.69) is 15.3 Å². The van der Waals surface area contributed by atoms with Crippen LogP contribution in [-0.4, -0.2) is 28.8 Å². The summed E-state index contributed by atoms with van der Waals surface area (Å²) in [6.45, 7) is 9.74. The maximum absolute atomic E-state index is 13.4. The number of nitrogens with one attached hydrogen (secondary N) is 1. The van der Waals surface area contributed by atoms with Crippen LogP contribution in [0, 0.1) is 12.3 Å². The van der Waals surface area contributed by atoms with Crippen molar-refractivity contribution in [3.8, 4) is 11.1 Å². The third kappa shape index (κ3) is 5.28. The van der Waals surface area contributed by atoms with Crippen LogP contribution in [0.4, 0.5) is 5.69 Å². The zero-order valence-corrected chi connectivity index (χ0v) is 20.2. The molecule has 0 bridgehead atoms. The Morgan fingerprint density at radius 3 is 2.39 bits per heavy atom. The van der Waals surface area contributed by atoms with E-state index in [-0.39, 0.29) is 17.9 Å². The van der Waals surface area contributed by atoms with Crippen molar-refractivity contribution < 1.29 is 9.59 Å². The Hall–Kier alpha value is -3.54. The van der Waals surface area contributed by atoms with Crippen LogP contribution in [-0.2, 0) is 4.79 Å². The zero-order valence-electron chi connectivity index (χ0n) is 20.2. The van der Waals surface area contributed by atoms with Crippen LogP contribution in [0.25, 0.3) is 11.1 Å². The van der Waals surface area contributed by atoms with E-state index < -0.39 is 5.41 Å². The lowest BCUT2D eigenvalue weighted by atomic mass is 9.87. The second-order valence-electron chi connectivity index (χ2n) is 8.99. The number of carbonyl (C=O) groups excluding carboxylic acids is 2. The molecule has 3 rings (SSSR count). The van der Waals surface area contributed by atoms with Crippen LogP contribution in [0.3, 0.4) is 0 Å². The number of para-hydroxylation sites is 1. The van der Waals surface area contributed by atoms with Gasteiger partial charge in [0.15, 0.2) is 0 Å². The standard InChI is InChI=1S/C27H32N4O2/c1-7-27(4,5)26(33)31(6)24-21(20-13-11-18(2)12-14-20)9-8-10-22(24)25(32)30-19(3)23-17-28-15-16-29-23/h8-17,19H,7H2,1-6H3,(H,30,32). The summed E-state index contributed by atoms with van der Waals surface area (Å²) in [7, 11) is 1.75. The predicted octanol–water partition coefficient (Wildman–Crippen LogP) is 5.34. The summed E-state index contributed by atoms with van der Waals surface area (Å²) < 4.78 is 0. The van der Waals surface area contributed by atoms with Crippen molar-refractivity contribution in [2.24, 2.45) is 5.41 Å². The summed E-state index contributed by atoms with van der Waals surface area (Å²) in [5, 5.41) is 3.01. The molecule has 6 heteroatoms. The monoisotopic (exact) mass is 444 g/mol. The van der Waals surface area contributed by atoms with Crippen LogP contribution >= 0.6 is 0 Å². The van der Waals surface area contributed by atoms with Crippen molar-refractivity contribution in [1.29, 1.82) is 0 Å². The molecule has 6 nitrogen and oxygen atoms in total. The highest BCUT2D eigenvalue weighted by Gasteiger charge is 2.32. The highest BCUT2D eigenvalue weighted by Crippen LogP contribution is 2.36. The van der Waals surface area contributed by atoms with Gasteiger partial charge < -0.3 is 10.2 Å². The first-order valence-corrected chi connectivity index (χ1v) is 11.2. The zero-order chi connectivity index (χ0) is 24.2. The van der Waals surface area contributed by atoms with Gasteiger partial charge in [-0.15, -0.1) is 0 Å². The van der Waals surface area contributed by atoms with E-state index >= 15 is 0 Å². The lowest BCUT2D eigenvalue weighted by molar-refractivity contribution is -0.126. The van der Waals surface area contributed by atoms with E-state index in [4.69, 9.17) is 0 Å². The number of benzene rings is 2. The molecule has 0 fully saturated rings. The van der Waals surface area contributed by atoms with Crippen LogP contribution in [0.15, 0.2) is 61.1 Å². The Morgan fingerprint density at radius 1 is 1.09 bits per heavy atom. The SMILES string of the molecule is CCC(C)(C)C(=O)N(C)c1c(C(=O)NC(C)c2cnccn2)cccc1-c1ccc(C)cc1. The summed E-state index contributed by atoms with van der Waals surface area (Å²) in [4.78, 5) is 36.9. The number of hydrogen-bond donors (Lipinski definition) is 1. The molecule has 0 aliphatic heterocycles. The van der Waals surface area contributed by atoms with Crippen LogP contribution in [0.5, 0.6) is 0 Å². The summed E-state index contributed by atoms with van der Waals surface area (Å²) in [5.41, 5.74) is 4.06. The predicted molar refractivity (Wildman–Crippen MR) is 132 cm³/mol. The van der Waals surface area contributed by atoms with Gasteiger partial charge in [0.05, 0.1) is 29.2 Å². The van der Waals surface area contributed by atoms with Gasteiger partial charge in [-0.2, -0.15) is 0 Å². The molecule has 0 saturated carbocycles. The number of carbonyl (C=O) groups is 2. The fraction of sp³-hybridized carbons (Fsp3) is 0.333. The first-order chi connectivity index (χ1) is 15.7. The summed E-state index contributed by atoms with van der Waals surface area (Å²) in [6.07, 6.45) is 5.51. The quantitative estimate of drug-likeness (QED) is 0.534. The minimum absolute atomic E-state index is 0.0411. The van der Waals surface area contributed by atoms with Gasteiger partial charge in [0.25, 0.3) is 5.91 Å². The molecular weight excluding hydrogens is 412 g/mol. The van der Waals surface area contributed by atoms with E-state index in [0.29, 0.717) is 23.4 Å². The van der Waals surface area contributed by atoms with E-state index in [9.17, 15) is 9.59 Å². The van der Waals surface area contributed by atoms with Crippen molar-refractivity contribution in [3.05, 3.63) is 77.9 Å². The number of anilines is 1. The van der Waals surface area contributed by atoms with Crippen molar-refractivity contribution >= 4 is 17.5 Å². The lowest BCUT2D eigenvalue weighted by Crippen LogP contribution is -2.40. The van der Waals surface area contributed by atoms with Crippen LogP contribution in [0.1, 0.15) is 61.8 Å². The normalized spacial score (nSPS) is 12.2. The number of aryl methyl sites for hydroxylation is 1. The second kappa shape index (κ2) is 9.94. The molecule has 0 saturated heterocycles. The summed E-state index contributed by atoms with van der Waals surface area (Å²) in [6, 6.07) is 13.3. The first kappa shape index (κ1) is 24.1.